The first kappa shape index (κ1) is 33.2. The molecule has 0 aromatic heterocycles. The smallest absolute Gasteiger partial charge is 0.217 e. The lowest BCUT2D eigenvalue weighted by Crippen LogP contribution is -2.51. The Hall–Kier alpha value is -2.73. The van der Waals surface area contributed by atoms with Crippen molar-refractivity contribution in [2.75, 3.05) is 78.3 Å². The fraction of sp³-hybridized carbons (Fsp3) is 0.606. The third-order valence-electron chi connectivity index (χ3n) is 7.93. The van der Waals surface area contributed by atoms with Gasteiger partial charge in [0, 0.05) is 52.8 Å². The minimum absolute atomic E-state index is 0.0111. The van der Waals surface area contributed by atoms with Crippen LogP contribution in [0.25, 0.3) is 0 Å². The van der Waals surface area contributed by atoms with Crippen LogP contribution in [-0.2, 0) is 41.7 Å². The van der Waals surface area contributed by atoms with Gasteiger partial charge in [-0.3, -0.25) is 4.79 Å². The van der Waals surface area contributed by atoms with Crippen LogP contribution in [0.3, 0.4) is 0 Å². The average Bonchev–Trinajstić information content (AvgIpc) is 3.01. The van der Waals surface area contributed by atoms with Gasteiger partial charge in [0.25, 0.3) is 0 Å². The van der Waals surface area contributed by atoms with Crippen LogP contribution >= 0.6 is 0 Å². The lowest BCUT2D eigenvalue weighted by Gasteiger charge is -2.39. The second kappa shape index (κ2) is 17.5. The number of hydrogen-bond donors (Lipinski definition) is 2. The number of ether oxygens (including phenoxy) is 6. The molecule has 0 bridgehead atoms. The van der Waals surface area contributed by atoms with Crippen LogP contribution in [0.4, 0.5) is 5.69 Å². The number of nitrogens with one attached hydrogen (secondary N) is 1. The van der Waals surface area contributed by atoms with Gasteiger partial charge in [0.1, 0.15) is 12.4 Å². The van der Waals surface area contributed by atoms with Crippen LogP contribution in [0.2, 0.25) is 0 Å². The maximum atomic E-state index is 11.4. The first-order valence-corrected chi connectivity index (χ1v) is 15.4. The molecule has 4 rings (SSSR count). The fourth-order valence-corrected chi connectivity index (χ4v) is 5.72. The third-order valence-corrected chi connectivity index (χ3v) is 7.93. The van der Waals surface area contributed by atoms with E-state index in [1.165, 1.54) is 0 Å². The molecule has 0 saturated carbocycles. The number of methoxy groups -OCH3 is 2. The molecule has 2 aliphatic heterocycles. The zero-order valence-corrected chi connectivity index (χ0v) is 25.9. The summed E-state index contributed by atoms with van der Waals surface area (Å²) in [4.78, 5) is 13.8. The summed E-state index contributed by atoms with van der Waals surface area (Å²) in [6.45, 7) is 9.17. The molecule has 1 saturated heterocycles. The summed E-state index contributed by atoms with van der Waals surface area (Å²) in [5.74, 6) is 0.647. The van der Waals surface area contributed by atoms with Crippen LogP contribution in [0, 0.1) is 5.92 Å². The van der Waals surface area contributed by atoms with E-state index in [-0.39, 0.29) is 30.0 Å². The zero-order chi connectivity index (χ0) is 30.4. The van der Waals surface area contributed by atoms with Crippen molar-refractivity contribution in [1.82, 2.24) is 5.32 Å². The number of primary amides is 1. The van der Waals surface area contributed by atoms with Gasteiger partial charge in [0.15, 0.2) is 0 Å². The number of anilines is 1. The highest BCUT2D eigenvalue weighted by molar-refractivity contribution is 5.73. The van der Waals surface area contributed by atoms with Gasteiger partial charge in [-0.2, -0.15) is 0 Å². The van der Waals surface area contributed by atoms with E-state index in [4.69, 9.17) is 34.2 Å². The van der Waals surface area contributed by atoms with E-state index in [9.17, 15) is 4.79 Å². The van der Waals surface area contributed by atoms with Gasteiger partial charge >= 0.3 is 0 Å². The zero-order valence-electron chi connectivity index (χ0n) is 25.9. The van der Waals surface area contributed by atoms with E-state index in [1.54, 1.807) is 14.2 Å². The van der Waals surface area contributed by atoms with Gasteiger partial charge in [-0.25, -0.2) is 0 Å². The number of carbonyl (C=O) groups is 1. The molecule has 4 atom stereocenters. The summed E-state index contributed by atoms with van der Waals surface area (Å²) in [5.41, 5.74) is 9.89. The van der Waals surface area contributed by atoms with Crippen LogP contribution in [0.5, 0.6) is 5.75 Å². The molecule has 1 fully saturated rings. The Morgan fingerprint density at radius 3 is 2.49 bits per heavy atom. The molecular formula is C33H49N3O7. The van der Waals surface area contributed by atoms with E-state index in [0.29, 0.717) is 59.2 Å². The predicted molar refractivity (Wildman–Crippen MR) is 166 cm³/mol. The van der Waals surface area contributed by atoms with Crippen LogP contribution in [0.1, 0.15) is 42.4 Å². The highest BCUT2D eigenvalue weighted by Crippen LogP contribution is 2.35. The van der Waals surface area contributed by atoms with E-state index >= 15 is 0 Å². The van der Waals surface area contributed by atoms with Crippen molar-refractivity contribution in [3.05, 3.63) is 59.2 Å². The molecule has 1 amide bonds. The Morgan fingerprint density at radius 1 is 1.00 bits per heavy atom. The van der Waals surface area contributed by atoms with Gasteiger partial charge in [-0.15, -0.1) is 0 Å². The van der Waals surface area contributed by atoms with E-state index in [1.807, 2.05) is 13.0 Å². The van der Waals surface area contributed by atoms with Crippen molar-refractivity contribution in [2.45, 2.75) is 51.1 Å². The molecule has 2 aliphatic rings. The molecular weight excluding hydrogens is 550 g/mol. The van der Waals surface area contributed by atoms with Crippen LogP contribution in [-0.4, -0.2) is 91.5 Å². The summed E-state index contributed by atoms with van der Waals surface area (Å²) < 4.78 is 35.0. The topological polar surface area (TPSA) is 114 Å². The quantitative estimate of drug-likeness (QED) is 0.249. The summed E-state index contributed by atoms with van der Waals surface area (Å²) in [7, 11) is 3.41. The molecule has 10 heteroatoms. The largest absolute Gasteiger partial charge is 0.490 e. The van der Waals surface area contributed by atoms with Gasteiger partial charge < -0.3 is 44.4 Å². The molecule has 0 spiro atoms. The number of amides is 1. The standard InChI is InChI=1S/C33H49N3O7/c1-24(17-32(34)37)21-42-30-19-35-20-31(33(30)27-8-5-25(6-9-27)22-40-16-15-39-3)43-23-26-7-10-29-28(18-26)36(12-14-41-29)11-4-13-38-2/h5-10,18,24,30-31,33,35H,4,11-17,19-23H2,1-3H3,(H2,34,37)/t24-,30-,31+,33-/m1/s1. The van der Waals surface area contributed by atoms with E-state index in [0.717, 1.165) is 54.2 Å². The first-order valence-electron chi connectivity index (χ1n) is 15.4. The molecule has 10 nitrogen and oxygen atoms in total. The maximum absolute atomic E-state index is 11.4. The minimum atomic E-state index is -0.313. The second-order valence-electron chi connectivity index (χ2n) is 11.5. The number of nitrogens with two attached hydrogens (primary N) is 1. The van der Waals surface area contributed by atoms with Crippen molar-refractivity contribution < 1.29 is 33.2 Å². The molecule has 2 heterocycles. The van der Waals surface area contributed by atoms with E-state index < -0.39 is 0 Å². The van der Waals surface area contributed by atoms with Gasteiger partial charge in [0.05, 0.1) is 57.5 Å². The lowest BCUT2D eigenvalue weighted by atomic mass is 9.84. The van der Waals surface area contributed by atoms with Crippen molar-refractivity contribution >= 4 is 11.6 Å². The Kier molecular flexibility index (Phi) is 13.5. The highest BCUT2D eigenvalue weighted by Gasteiger charge is 2.36. The summed E-state index contributed by atoms with van der Waals surface area (Å²) in [6, 6.07) is 14.8. The van der Waals surface area contributed by atoms with Crippen molar-refractivity contribution in [3.63, 3.8) is 0 Å². The average molecular weight is 600 g/mol. The summed E-state index contributed by atoms with van der Waals surface area (Å²) >= 11 is 0. The first-order chi connectivity index (χ1) is 21.0. The Bertz CT molecular complexity index is 1120. The number of piperidine rings is 1. The van der Waals surface area contributed by atoms with E-state index in [2.05, 4.69) is 46.6 Å². The van der Waals surface area contributed by atoms with Crippen LogP contribution in [0.15, 0.2) is 42.5 Å². The molecule has 3 N–H and O–H groups in total. The van der Waals surface area contributed by atoms with Crippen molar-refractivity contribution in [2.24, 2.45) is 11.7 Å². The molecule has 2 aromatic rings. The van der Waals surface area contributed by atoms with Gasteiger partial charge in [-0.05, 0) is 41.2 Å². The Labute approximate surface area is 256 Å². The van der Waals surface area contributed by atoms with Gasteiger partial charge in [0.2, 0.25) is 5.91 Å². The van der Waals surface area contributed by atoms with Crippen LogP contribution < -0.4 is 20.7 Å². The highest BCUT2D eigenvalue weighted by atomic mass is 16.5. The predicted octanol–water partition coefficient (Wildman–Crippen LogP) is 3.25. The normalized spacial score (nSPS) is 20.8. The summed E-state index contributed by atoms with van der Waals surface area (Å²) in [6.07, 6.45) is 1.03. The Balaban J connectivity index is 1.47. The number of benzene rings is 2. The molecule has 0 aliphatic carbocycles. The monoisotopic (exact) mass is 599 g/mol. The molecule has 43 heavy (non-hydrogen) atoms. The second-order valence-corrected chi connectivity index (χ2v) is 11.5. The number of carbonyl (C=O) groups excluding carboxylic acids is 1. The molecule has 0 unspecified atom stereocenters. The number of rotatable bonds is 18. The lowest BCUT2D eigenvalue weighted by molar-refractivity contribution is -0.120. The number of nitrogens with zero attached hydrogens (tertiary/aromatic N) is 1. The summed E-state index contributed by atoms with van der Waals surface area (Å²) in [5, 5.41) is 3.51. The Morgan fingerprint density at radius 2 is 1.74 bits per heavy atom. The third kappa shape index (κ3) is 10.2. The molecule has 2 aromatic carbocycles. The minimum Gasteiger partial charge on any atom is -0.490 e. The number of fused-ring (bicyclic) bond motifs is 1. The SMILES string of the molecule is COCCCN1CCOc2ccc(CO[C@H]3CNC[C@@H](OC[C@H](C)CC(N)=O)[C@H]3c3ccc(COCCOC)cc3)cc21. The van der Waals surface area contributed by atoms with Crippen molar-refractivity contribution in [3.8, 4) is 5.75 Å². The number of hydrogen-bond acceptors (Lipinski definition) is 9. The molecule has 0 radical (unpaired) electrons. The van der Waals surface area contributed by atoms with Gasteiger partial charge in [-0.1, -0.05) is 37.3 Å². The van der Waals surface area contributed by atoms with Crippen molar-refractivity contribution in [1.29, 1.82) is 0 Å². The fourth-order valence-electron chi connectivity index (χ4n) is 5.72. The maximum Gasteiger partial charge on any atom is 0.217 e. The molecule has 238 valence electrons.